The molecule has 0 fully saturated rings. The van der Waals surface area contributed by atoms with Crippen molar-refractivity contribution in [1.82, 2.24) is 15.5 Å². The number of nitrogens with zero attached hydrogens (tertiary/aromatic N) is 2. The molecule has 2 aromatic carbocycles. The molecule has 3 rings (SSSR count). The van der Waals surface area contributed by atoms with E-state index in [0.717, 1.165) is 21.8 Å². The van der Waals surface area contributed by atoms with Gasteiger partial charge in [-0.25, -0.2) is 4.39 Å². The summed E-state index contributed by atoms with van der Waals surface area (Å²) in [6, 6.07) is 12.7. The number of carbonyl (C=O) groups is 2. The third-order valence-electron chi connectivity index (χ3n) is 3.41. The maximum atomic E-state index is 12.8. The number of nitrogens with one attached hydrogen (secondary N) is 2. The fourth-order valence-electron chi connectivity index (χ4n) is 2.11. The molecular formula is C18H14BrFN4O3S. The lowest BCUT2D eigenvalue weighted by molar-refractivity contribution is -0.122. The molecule has 0 bridgehead atoms. The number of halogens is 2. The molecule has 0 unspecified atom stereocenters. The van der Waals surface area contributed by atoms with Crippen molar-refractivity contribution in [1.29, 1.82) is 0 Å². The fraction of sp³-hybridized carbons (Fsp3) is 0.111. The Bertz CT molecular complexity index is 981. The Morgan fingerprint density at radius 1 is 1.07 bits per heavy atom. The van der Waals surface area contributed by atoms with E-state index in [1.54, 1.807) is 0 Å². The van der Waals surface area contributed by atoms with Gasteiger partial charge in [-0.2, -0.15) is 0 Å². The Hall–Kier alpha value is -2.72. The quantitative estimate of drug-likeness (QED) is 0.519. The average Bonchev–Trinajstić information content (AvgIpc) is 3.16. The molecule has 10 heteroatoms. The van der Waals surface area contributed by atoms with Gasteiger partial charge in [-0.1, -0.05) is 23.9 Å². The topological polar surface area (TPSA) is 97.1 Å². The monoisotopic (exact) mass is 464 g/mol. The molecule has 0 aliphatic carbocycles. The number of thioether (sulfide) groups is 1. The second kappa shape index (κ2) is 9.47. The molecule has 7 nitrogen and oxygen atoms in total. The maximum absolute atomic E-state index is 12.8. The number of amides is 2. The second-order valence-electron chi connectivity index (χ2n) is 5.47. The molecule has 3 aromatic rings. The Morgan fingerprint density at radius 2 is 1.82 bits per heavy atom. The molecule has 0 aliphatic heterocycles. The molecule has 0 saturated carbocycles. The maximum Gasteiger partial charge on any atom is 0.277 e. The Labute approximate surface area is 172 Å². The first kappa shape index (κ1) is 20.0. The zero-order valence-corrected chi connectivity index (χ0v) is 16.7. The van der Waals surface area contributed by atoms with Crippen LogP contribution in [0.15, 0.2) is 62.6 Å². The van der Waals surface area contributed by atoms with Gasteiger partial charge in [0, 0.05) is 10.2 Å². The Kier molecular flexibility index (Phi) is 6.77. The summed E-state index contributed by atoms with van der Waals surface area (Å²) >= 11 is 4.48. The molecule has 0 aliphatic rings. The molecule has 28 heavy (non-hydrogen) atoms. The fourth-order valence-corrected chi connectivity index (χ4v) is 3.15. The second-order valence-corrected chi connectivity index (χ2v) is 7.25. The van der Waals surface area contributed by atoms with Gasteiger partial charge in [-0.05, 0) is 52.3 Å². The summed E-state index contributed by atoms with van der Waals surface area (Å²) in [6.45, 7) is -0.206. The van der Waals surface area contributed by atoms with Crippen LogP contribution >= 0.6 is 27.7 Å². The summed E-state index contributed by atoms with van der Waals surface area (Å²) in [6.07, 6.45) is 0. The van der Waals surface area contributed by atoms with Gasteiger partial charge in [-0.3, -0.25) is 9.59 Å². The van der Waals surface area contributed by atoms with Crippen LogP contribution in [0.4, 0.5) is 10.1 Å². The smallest absolute Gasteiger partial charge is 0.277 e. The van der Waals surface area contributed by atoms with Crippen molar-refractivity contribution in [3.63, 3.8) is 0 Å². The summed E-state index contributed by atoms with van der Waals surface area (Å²) < 4.78 is 19.2. The van der Waals surface area contributed by atoms with Crippen LogP contribution in [0, 0.1) is 5.82 Å². The molecule has 2 N–H and O–H groups in total. The van der Waals surface area contributed by atoms with Crippen LogP contribution < -0.4 is 10.6 Å². The van der Waals surface area contributed by atoms with Gasteiger partial charge < -0.3 is 15.1 Å². The highest BCUT2D eigenvalue weighted by molar-refractivity contribution is 9.10. The SMILES string of the molecule is O=C(CSc1nnc(-c2ccccc2Br)o1)NCC(=O)Nc1ccc(F)cc1. The minimum Gasteiger partial charge on any atom is -0.411 e. The average molecular weight is 465 g/mol. The lowest BCUT2D eigenvalue weighted by Gasteiger charge is -2.06. The zero-order valence-electron chi connectivity index (χ0n) is 14.3. The van der Waals surface area contributed by atoms with E-state index in [4.69, 9.17) is 4.42 Å². The Balaban J connectivity index is 1.44. The first-order chi connectivity index (χ1) is 13.5. The van der Waals surface area contributed by atoms with Crippen molar-refractivity contribution < 1.29 is 18.4 Å². The van der Waals surface area contributed by atoms with Crippen LogP contribution in [0.1, 0.15) is 0 Å². The van der Waals surface area contributed by atoms with Gasteiger partial charge in [0.25, 0.3) is 5.22 Å². The van der Waals surface area contributed by atoms with Gasteiger partial charge in [0.1, 0.15) is 5.82 Å². The van der Waals surface area contributed by atoms with Crippen molar-refractivity contribution in [2.24, 2.45) is 0 Å². The van der Waals surface area contributed by atoms with E-state index in [0.29, 0.717) is 11.6 Å². The number of hydrogen-bond donors (Lipinski definition) is 2. The lowest BCUT2D eigenvalue weighted by atomic mass is 10.2. The number of rotatable bonds is 7. The molecule has 0 atom stereocenters. The van der Waals surface area contributed by atoms with Crippen LogP contribution in [0.2, 0.25) is 0 Å². The van der Waals surface area contributed by atoms with Crippen LogP contribution in [-0.4, -0.2) is 34.3 Å². The van der Waals surface area contributed by atoms with Gasteiger partial charge in [0.15, 0.2) is 0 Å². The van der Waals surface area contributed by atoms with Crippen molar-refractivity contribution in [2.45, 2.75) is 5.22 Å². The minimum absolute atomic E-state index is 0.0153. The zero-order chi connectivity index (χ0) is 19.9. The van der Waals surface area contributed by atoms with Crippen LogP contribution in [0.3, 0.4) is 0 Å². The number of hydrogen-bond acceptors (Lipinski definition) is 6. The van der Waals surface area contributed by atoms with E-state index in [9.17, 15) is 14.0 Å². The normalized spacial score (nSPS) is 10.5. The molecule has 144 valence electrons. The molecular weight excluding hydrogens is 451 g/mol. The van der Waals surface area contributed by atoms with Crippen LogP contribution in [0.5, 0.6) is 0 Å². The number of carbonyl (C=O) groups excluding carboxylic acids is 2. The van der Waals surface area contributed by atoms with Crippen molar-refractivity contribution >= 4 is 45.2 Å². The van der Waals surface area contributed by atoms with E-state index < -0.39 is 11.7 Å². The predicted octanol–water partition coefficient (Wildman–Crippen LogP) is 3.49. The van der Waals surface area contributed by atoms with Gasteiger partial charge in [0.2, 0.25) is 17.7 Å². The van der Waals surface area contributed by atoms with Gasteiger partial charge in [-0.15, -0.1) is 10.2 Å². The standard InChI is InChI=1S/C18H14BrFN4O3S/c19-14-4-2-1-3-13(14)17-23-24-18(27-17)28-10-16(26)21-9-15(25)22-12-7-5-11(20)6-8-12/h1-8H,9-10H2,(H,21,26)(H,22,25). The summed E-state index contributed by atoms with van der Waals surface area (Å²) in [5.41, 5.74) is 1.20. The summed E-state index contributed by atoms with van der Waals surface area (Å²) in [4.78, 5) is 23.7. The third kappa shape index (κ3) is 5.64. The highest BCUT2D eigenvalue weighted by atomic mass is 79.9. The van der Waals surface area contributed by atoms with Crippen molar-refractivity contribution in [2.75, 3.05) is 17.6 Å². The van der Waals surface area contributed by atoms with Gasteiger partial charge >= 0.3 is 0 Å². The van der Waals surface area contributed by atoms with E-state index in [-0.39, 0.29) is 23.4 Å². The first-order valence-corrected chi connectivity index (χ1v) is 9.82. The van der Waals surface area contributed by atoms with Crippen LogP contribution in [0.25, 0.3) is 11.5 Å². The van der Waals surface area contributed by atoms with E-state index in [2.05, 4.69) is 36.8 Å². The lowest BCUT2D eigenvalue weighted by Crippen LogP contribution is -2.33. The molecule has 1 aromatic heterocycles. The van der Waals surface area contributed by atoms with Crippen LogP contribution in [-0.2, 0) is 9.59 Å². The summed E-state index contributed by atoms with van der Waals surface area (Å²) in [5, 5.41) is 13.2. The molecule has 0 radical (unpaired) electrons. The van der Waals surface area contributed by atoms with E-state index >= 15 is 0 Å². The van der Waals surface area contributed by atoms with Crippen molar-refractivity contribution in [3.05, 3.63) is 58.8 Å². The molecule has 2 amide bonds. The number of benzene rings is 2. The molecule has 0 spiro atoms. The first-order valence-electron chi connectivity index (χ1n) is 8.04. The summed E-state index contributed by atoms with van der Waals surface area (Å²) in [5.74, 6) is -0.818. The predicted molar refractivity (Wildman–Crippen MR) is 106 cm³/mol. The highest BCUT2D eigenvalue weighted by Gasteiger charge is 2.13. The van der Waals surface area contributed by atoms with E-state index in [1.165, 1.54) is 24.3 Å². The number of aromatic nitrogens is 2. The van der Waals surface area contributed by atoms with Gasteiger partial charge in [0.05, 0.1) is 17.9 Å². The minimum atomic E-state index is -0.418. The molecule has 0 saturated heterocycles. The summed E-state index contributed by atoms with van der Waals surface area (Å²) in [7, 11) is 0. The van der Waals surface area contributed by atoms with E-state index in [1.807, 2.05) is 24.3 Å². The Morgan fingerprint density at radius 3 is 2.57 bits per heavy atom. The highest BCUT2D eigenvalue weighted by Crippen LogP contribution is 2.28. The largest absolute Gasteiger partial charge is 0.411 e. The molecule has 1 heterocycles. The number of anilines is 1. The van der Waals surface area contributed by atoms with Crippen molar-refractivity contribution in [3.8, 4) is 11.5 Å². The third-order valence-corrected chi connectivity index (χ3v) is 4.92.